The highest BCUT2D eigenvalue weighted by Crippen LogP contribution is 2.57. The quantitative estimate of drug-likeness (QED) is 0.141. The number of benzene rings is 6. The molecule has 0 saturated carbocycles. The number of hydrogen-bond acceptors (Lipinski definition) is 2. The van der Waals surface area contributed by atoms with Crippen LogP contribution in [0, 0.1) is 0 Å². The summed E-state index contributed by atoms with van der Waals surface area (Å²) < 4.78 is 12.3. The van der Waals surface area contributed by atoms with E-state index in [0.717, 1.165) is 17.9 Å². The summed E-state index contributed by atoms with van der Waals surface area (Å²) in [6.45, 7) is 11.1. The molecular formula is C46H38O2. The van der Waals surface area contributed by atoms with Gasteiger partial charge in [-0.25, -0.2) is 0 Å². The molecule has 0 atom stereocenters. The van der Waals surface area contributed by atoms with Crippen LogP contribution in [-0.4, -0.2) is 13.2 Å². The number of rotatable bonds is 10. The lowest BCUT2D eigenvalue weighted by Gasteiger charge is -2.35. The van der Waals surface area contributed by atoms with Crippen molar-refractivity contribution in [1.29, 1.82) is 0 Å². The first-order valence-electron chi connectivity index (χ1n) is 16.7. The third-order valence-electron chi connectivity index (χ3n) is 10.3. The van der Waals surface area contributed by atoms with Gasteiger partial charge in [0.1, 0.15) is 24.7 Å². The highest BCUT2D eigenvalue weighted by Gasteiger charge is 2.47. The minimum atomic E-state index is -0.539. The van der Waals surface area contributed by atoms with Crippen LogP contribution in [0.2, 0.25) is 0 Å². The first kappa shape index (κ1) is 29.8. The maximum atomic E-state index is 6.42. The molecule has 0 aliphatic heterocycles. The molecule has 8 rings (SSSR count). The second-order valence-electron chi connectivity index (χ2n) is 13.0. The normalized spacial score (nSPS) is 14.3. The van der Waals surface area contributed by atoms with Crippen molar-refractivity contribution in [2.45, 2.75) is 24.2 Å². The van der Waals surface area contributed by atoms with E-state index in [0.29, 0.717) is 13.2 Å². The Kier molecular flexibility index (Phi) is 7.37. The van der Waals surface area contributed by atoms with E-state index in [9.17, 15) is 0 Å². The van der Waals surface area contributed by atoms with Gasteiger partial charge in [0.25, 0.3) is 0 Å². The van der Waals surface area contributed by atoms with Gasteiger partial charge in [0.05, 0.1) is 5.41 Å². The van der Waals surface area contributed by atoms with Gasteiger partial charge in [0.2, 0.25) is 0 Å². The van der Waals surface area contributed by atoms with Gasteiger partial charge in [-0.1, -0.05) is 154 Å². The van der Waals surface area contributed by atoms with Crippen molar-refractivity contribution in [3.63, 3.8) is 0 Å². The molecule has 0 spiro atoms. The average Bonchev–Trinajstić information content (AvgIpc) is 3.58. The van der Waals surface area contributed by atoms with E-state index in [-0.39, 0.29) is 5.41 Å². The number of fused-ring (bicyclic) bond motifs is 6. The van der Waals surface area contributed by atoms with Gasteiger partial charge in [-0.15, -0.1) is 0 Å². The summed E-state index contributed by atoms with van der Waals surface area (Å²) in [5.74, 6) is 1.72. The summed E-state index contributed by atoms with van der Waals surface area (Å²) in [5, 5.41) is 0. The molecule has 2 aliphatic carbocycles. The average molecular weight is 623 g/mol. The van der Waals surface area contributed by atoms with Crippen LogP contribution in [0.15, 0.2) is 165 Å². The van der Waals surface area contributed by atoms with Crippen LogP contribution >= 0.6 is 0 Å². The van der Waals surface area contributed by atoms with Crippen molar-refractivity contribution in [3.8, 4) is 33.8 Å². The fourth-order valence-corrected chi connectivity index (χ4v) is 8.34. The van der Waals surface area contributed by atoms with E-state index < -0.39 is 5.41 Å². The molecule has 0 aromatic heterocycles. The number of hydrogen-bond donors (Lipinski definition) is 0. The molecular weight excluding hydrogens is 585 g/mol. The van der Waals surface area contributed by atoms with E-state index in [2.05, 4.69) is 160 Å². The third-order valence-corrected chi connectivity index (χ3v) is 10.3. The van der Waals surface area contributed by atoms with E-state index in [1.807, 2.05) is 6.08 Å². The molecule has 48 heavy (non-hydrogen) atoms. The van der Waals surface area contributed by atoms with Gasteiger partial charge in [0.15, 0.2) is 0 Å². The van der Waals surface area contributed by atoms with Crippen LogP contribution in [-0.2, 0) is 17.3 Å². The molecule has 2 heteroatoms. The van der Waals surface area contributed by atoms with E-state index in [4.69, 9.17) is 9.47 Å². The summed E-state index contributed by atoms with van der Waals surface area (Å²) in [7, 11) is 0. The van der Waals surface area contributed by atoms with Gasteiger partial charge in [-0.05, 0) is 85.8 Å². The maximum Gasteiger partial charge on any atom is 0.123 e. The SMILES string of the molecule is C=CCOc1ccc(C2(c3ccc(OCC=C)c(CC4(C)c5ccccc5-c5ccccc54)c3)c3ccccc3-c3ccccc32)cc1. The Balaban J connectivity index is 1.36. The van der Waals surface area contributed by atoms with Gasteiger partial charge < -0.3 is 9.47 Å². The molecule has 6 aromatic carbocycles. The summed E-state index contributed by atoms with van der Waals surface area (Å²) in [5.41, 5.74) is 13.2. The zero-order valence-electron chi connectivity index (χ0n) is 27.3. The Morgan fingerprint density at radius 2 is 0.979 bits per heavy atom. The van der Waals surface area contributed by atoms with Crippen molar-refractivity contribution in [3.05, 3.63) is 204 Å². The maximum absolute atomic E-state index is 6.42. The standard InChI is InChI=1S/C46H38O2/c1-4-28-47-35-25-22-33(23-26-35)46(42-20-12-8-16-38(42)39-17-9-13-21-43(39)46)34-24-27-44(48-29-5-2)32(30-34)31-45(3)40-18-10-6-14-36(40)37-15-7-11-19-41(37)45/h4-27,30H,1-2,28-29,31H2,3H3. The lowest BCUT2D eigenvalue weighted by molar-refractivity contribution is 0.356. The van der Waals surface area contributed by atoms with Gasteiger partial charge in [-0.2, -0.15) is 0 Å². The predicted octanol–water partition coefficient (Wildman–Crippen LogP) is 10.7. The Labute approximate surface area is 283 Å². The monoisotopic (exact) mass is 622 g/mol. The minimum Gasteiger partial charge on any atom is -0.490 e. The third kappa shape index (κ3) is 4.47. The summed E-state index contributed by atoms with van der Waals surface area (Å²) >= 11 is 0. The van der Waals surface area contributed by atoms with Crippen molar-refractivity contribution in [1.82, 2.24) is 0 Å². The predicted molar refractivity (Wildman–Crippen MR) is 197 cm³/mol. The molecule has 6 aromatic rings. The largest absolute Gasteiger partial charge is 0.490 e. The Hall–Kier alpha value is -5.60. The van der Waals surface area contributed by atoms with Crippen LogP contribution in [0.4, 0.5) is 0 Å². The Bertz CT molecular complexity index is 2080. The number of ether oxygens (including phenoxy) is 2. The minimum absolute atomic E-state index is 0.235. The molecule has 234 valence electrons. The van der Waals surface area contributed by atoms with Crippen LogP contribution in [0.1, 0.15) is 45.9 Å². The first-order chi connectivity index (χ1) is 23.6. The lowest BCUT2D eigenvalue weighted by Crippen LogP contribution is -2.29. The molecule has 0 unspecified atom stereocenters. The summed E-state index contributed by atoms with van der Waals surface area (Å²) in [4.78, 5) is 0. The Morgan fingerprint density at radius 3 is 1.52 bits per heavy atom. The van der Waals surface area contributed by atoms with Gasteiger partial charge >= 0.3 is 0 Å². The van der Waals surface area contributed by atoms with Crippen LogP contribution in [0.3, 0.4) is 0 Å². The fraction of sp³-hybridized carbons (Fsp3) is 0.130. The highest BCUT2D eigenvalue weighted by molar-refractivity contribution is 5.86. The molecule has 2 aliphatic rings. The zero-order chi connectivity index (χ0) is 32.7. The molecule has 0 N–H and O–H groups in total. The molecule has 2 nitrogen and oxygen atoms in total. The molecule has 0 amide bonds. The van der Waals surface area contributed by atoms with Crippen molar-refractivity contribution >= 4 is 0 Å². The lowest BCUT2D eigenvalue weighted by atomic mass is 9.67. The summed E-state index contributed by atoms with van der Waals surface area (Å²) in [6, 6.07) is 50.9. The molecule has 0 fully saturated rings. The van der Waals surface area contributed by atoms with Crippen molar-refractivity contribution in [2.75, 3.05) is 13.2 Å². The van der Waals surface area contributed by atoms with Crippen molar-refractivity contribution in [2.24, 2.45) is 0 Å². The summed E-state index contributed by atoms with van der Waals surface area (Å²) in [6.07, 6.45) is 4.38. The van der Waals surface area contributed by atoms with E-state index in [1.54, 1.807) is 6.08 Å². The van der Waals surface area contributed by atoms with Crippen LogP contribution < -0.4 is 9.47 Å². The van der Waals surface area contributed by atoms with E-state index >= 15 is 0 Å². The van der Waals surface area contributed by atoms with Crippen LogP contribution in [0.25, 0.3) is 22.3 Å². The fourth-order valence-electron chi connectivity index (χ4n) is 8.34. The second-order valence-corrected chi connectivity index (χ2v) is 13.0. The van der Waals surface area contributed by atoms with E-state index in [1.165, 1.54) is 61.2 Å². The molecule has 0 saturated heterocycles. The Morgan fingerprint density at radius 1 is 0.521 bits per heavy atom. The molecule has 0 radical (unpaired) electrons. The smallest absolute Gasteiger partial charge is 0.123 e. The zero-order valence-corrected chi connectivity index (χ0v) is 27.3. The van der Waals surface area contributed by atoms with Crippen molar-refractivity contribution < 1.29 is 9.47 Å². The molecule has 0 heterocycles. The first-order valence-corrected chi connectivity index (χ1v) is 16.7. The highest BCUT2D eigenvalue weighted by atomic mass is 16.5. The van der Waals surface area contributed by atoms with Crippen LogP contribution in [0.5, 0.6) is 11.5 Å². The topological polar surface area (TPSA) is 18.5 Å². The van der Waals surface area contributed by atoms with Gasteiger partial charge in [-0.3, -0.25) is 0 Å². The van der Waals surface area contributed by atoms with Gasteiger partial charge in [0, 0.05) is 5.41 Å². The second kappa shape index (κ2) is 11.9. The molecule has 0 bridgehead atoms.